The number of rotatable bonds is 7. The molecule has 0 aliphatic rings. The third-order valence-corrected chi connectivity index (χ3v) is 2.15. The zero-order chi connectivity index (χ0) is 11.6. The van der Waals surface area contributed by atoms with E-state index < -0.39 is 0 Å². The molecule has 0 heterocycles. The lowest BCUT2D eigenvalue weighted by atomic mass is 10.2. The molecule has 88 valence electrons. The van der Waals surface area contributed by atoms with Crippen molar-refractivity contribution in [2.75, 3.05) is 33.9 Å². The highest BCUT2D eigenvalue weighted by Crippen LogP contribution is 2.13. The van der Waals surface area contributed by atoms with Gasteiger partial charge in [0.25, 0.3) is 0 Å². The second-order valence-electron chi connectivity index (χ2n) is 3.38. The van der Waals surface area contributed by atoms with E-state index in [0.717, 1.165) is 31.0 Å². The van der Waals surface area contributed by atoms with Gasteiger partial charge < -0.3 is 14.8 Å². The van der Waals surface area contributed by atoms with E-state index in [1.807, 2.05) is 24.3 Å². The van der Waals surface area contributed by atoms with Gasteiger partial charge in [0.2, 0.25) is 0 Å². The van der Waals surface area contributed by atoms with Crippen LogP contribution in [-0.2, 0) is 4.74 Å². The molecule has 0 unspecified atom stereocenters. The highest BCUT2D eigenvalue weighted by Gasteiger charge is 1.90. The van der Waals surface area contributed by atoms with Crippen LogP contribution in [0.1, 0.15) is 5.56 Å². The maximum Gasteiger partial charge on any atom is 0.119 e. The Morgan fingerprint density at radius 1 is 1.31 bits per heavy atom. The first kappa shape index (κ1) is 12.7. The van der Waals surface area contributed by atoms with E-state index in [0.29, 0.717) is 0 Å². The molecule has 1 N–H and O–H groups in total. The summed E-state index contributed by atoms with van der Waals surface area (Å²) in [5, 5.41) is 3.24. The molecule has 0 aromatic heterocycles. The van der Waals surface area contributed by atoms with Gasteiger partial charge in [-0.2, -0.15) is 0 Å². The molecule has 0 aliphatic heterocycles. The summed E-state index contributed by atoms with van der Waals surface area (Å²) in [5.41, 5.74) is 1.15. The van der Waals surface area contributed by atoms with Gasteiger partial charge in [-0.25, -0.2) is 0 Å². The van der Waals surface area contributed by atoms with Gasteiger partial charge in [0, 0.05) is 20.2 Å². The van der Waals surface area contributed by atoms with Crippen molar-refractivity contribution in [2.24, 2.45) is 0 Å². The Kier molecular flexibility index (Phi) is 6.30. The van der Waals surface area contributed by atoms with Crippen molar-refractivity contribution in [2.45, 2.75) is 0 Å². The molecule has 0 spiro atoms. The average molecular weight is 221 g/mol. The van der Waals surface area contributed by atoms with E-state index in [1.165, 1.54) is 0 Å². The zero-order valence-corrected chi connectivity index (χ0v) is 9.90. The van der Waals surface area contributed by atoms with Gasteiger partial charge in [-0.15, -0.1) is 0 Å². The number of hydrogen-bond acceptors (Lipinski definition) is 3. The molecule has 0 fully saturated rings. The summed E-state index contributed by atoms with van der Waals surface area (Å²) >= 11 is 0. The summed E-state index contributed by atoms with van der Waals surface area (Å²) < 4.78 is 10.1. The lowest BCUT2D eigenvalue weighted by Crippen LogP contribution is -2.18. The maximum atomic E-state index is 5.15. The molecule has 1 aromatic carbocycles. The molecule has 0 radical (unpaired) electrons. The lowest BCUT2D eigenvalue weighted by molar-refractivity contribution is 0.200. The summed E-state index contributed by atoms with van der Waals surface area (Å²) in [4.78, 5) is 0. The van der Waals surface area contributed by atoms with Gasteiger partial charge in [0.05, 0.1) is 13.7 Å². The first-order valence-corrected chi connectivity index (χ1v) is 5.37. The molecule has 0 aliphatic carbocycles. The monoisotopic (exact) mass is 221 g/mol. The maximum absolute atomic E-state index is 5.15. The third kappa shape index (κ3) is 4.96. The first-order chi connectivity index (χ1) is 7.86. The number of hydrogen-bond donors (Lipinski definition) is 1. The fraction of sp³-hybridized carbons (Fsp3) is 0.385. The van der Waals surface area contributed by atoms with Gasteiger partial charge in [-0.3, -0.25) is 0 Å². The normalized spacial score (nSPS) is 10.9. The molecule has 0 amide bonds. The van der Waals surface area contributed by atoms with E-state index in [2.05, 4.69) is 17.5 Å². The minimum absolute atomic E-state index is 0.743. The molecule has 3 heteroatoms. The van der Waals surface area contributed by atoms with Crippen LogP contribution in [-0.4, -0.2) is 33.9 Å². The van der Waals surface area contributed by atoms with Gasteiger partial charge >= 0.3 is 0 Å². The Bertz CT molecular complexity index is 323. The van der Waals surface area contributed by atoms with Gasteiger partial charge in [-0.05, 0) is 17.7 Å². The molecular weight excluding hydrogens is 202 g/mol. The van der Waals surface area contributed by atoms with E-state index in [9.17, 15) is 0 Å². The standard InChI is InChI=1S/C13H19NO2/c1-15-10-9-14-8-4-6-12-5-3-7-13(11-12)16-2/h3-7,11,14H,8-10H2,1-2H3. The average Bonchev–Trinajstić information content (AvgIpc) is 2.34. The SMILES string of the molecule is COCCNCC=Cc1cccc(OC)c1. The smallest absolute Gasteiger partial charge is 0.119 e. The molecule has 1 aromatic rings. The van der Waals surface area contributed by atoms with Crippen LogP contribution in [0.15, 0.2) is 30.3 Å². The number of methoxy groups -OCH3 is 2. The minimum Gasteiger partial charge on any atom is -0.497 e. The molecule has 1 rings (SSSR count). The fourth-order valence-electron chi connectivity index (χ4n) is 1.30. The molecular formula is C13H19NO2. The van der Waals surface area contributed by atoms with Crippen LogP contribution in [0.25, 0.3) is 6.08 Å². The Balaban J connectivity index is 2.32. The Labute approximate surface area is 97.1 Å². The number of nitrogens with one attached hydrogen (secondary N) is 1. The van der Waals surface area contributed by atoms with Gasteiger partial charge in [0.1, 0.15) is 5.75 Å². The molecule has 0 atom stereocenters. The Morgan fingerprint density at radius 3 is 2.94 bits per heavy atom. The quantitative estimate of drug-likeness (QED) is 0.714. The van der Waals surface area contributed by atoms with Crippen molar-refractivity contribution in [3.05, 3.63) is 35.9 Å². The van der Waals surface area contributed by atoms with Crippen LogP contribution in [0.3, 0.4) is 0 Å². The van der Waals surface area contributed by atoms with E-state index in [4.69, 9.17) is 9.47 Å². The fourth-order valence-corrected chi connectivity index (χ4v) is 1.30. The Morgan fingerprint density at radius 2 is 2.19 bits per heavy atom. The third-order valence-electron chi connectivity index (χ3n) is 2.15. The summed E-state index contributed by atoms with van der Waals surface area (Å²) in [6.07, 6.45) is 4.16. The predicted molar refractivity (Wildman–Crippen MR) is 66.8 cm³/mol. The minimum atomic E-state index is 0.743. The van der Waals surface area contributed by atoms with Gasteiger partial charge in [0.15, 0.2) is 0 Å². The van der Waals surface area contributed by atoms with Crippen LogP contribution >= 0.6 is 0 Å². The van der Waals surface area contributed by atoms with Gasteiger partial charge in [-0.1, -0.05) is 24.3 Å². The highest BCUT2D eigenvalue weighted by molar-refractivity contribution is 5.51. The largest absolute Gasteiger partial charge is 0.497 e. The Hall–Kier alpha value is -1.32. The zero-order valence-electron chi connectivity index (χ0n) is 9.90. The summed E-state index contributed by atoms with van der Waals surface area (Å²) in [6.45, 7) is 2.46. The summed E-state index contributed by atoms with van der Waals surface area (Å²) in [7, 11) is 3.38. The summed E-state index contributed by atoms with van der Waals surface area (Å²) in [5.74, 6) is 0.884. The second-order valence-corrected chi connectivity index (χ2v) is 3.38. The number of benzene rings is 1. The van der Waals surface area contributed by atoms with E-state index in [-0.39, 0.29) is 0 Å². The second kappa shape index (κ2) is 7.91. The van der Waals surface area contributed by atoms with Crippen molar-refractivity contribution in [3.8, 4) is 5.75 Å². The predicted octanol–water partition coefficient (Wildman–Crippen LogP) is 1.94. The van der Waals surface area contributed by atoms with E-state index >= 15 is 0 Å². The first-order valence-electron chi connectivity index (χ1n) is 5.37. The van der Waals surface area contributed by atoms with Crippen LogP contribution in [0.4, 0.5) is 0 Å². The molecule has 3 nitrogen and oxygen atoms in total. The van der Waals surface area contributed by atoms with Crippen LogP contribution < -0.4 is 10.1 Å². The van der Waals surface area contributed by atoms with Crippen molar-refractivity contribution in [1.82, 2.24) is 5.32 Å². The molecule has 0 saturated heterocycles. The molecule has 0 saturated carbocycles. The number of ether oxygens (including phenoxy) is 2. The van der Waals surface area contributed by atoms with Crippen molar-refractivity contribution in [3.63, 3.8) is 0 Å². The highest BCUT2D eigenvalue weighted by atomic mass is 16.5. The van der Waals surface area contributed by atoms with Crippen molar-refractivity contribution < 1.29 is 9.47 Å². The van der Waals surface area contributed by atoms with E-state index in [1.54, 1.807) is 14.2 Å². The molecule has 0 bridgehead atoms. The van der Waals surface area contributed by atoms with Crippen LogP contribution in [0.2, 0.25) is 0 Å². The molecule has 16 heavy (non-hydrogen) atoms. The summed E-state index contributed by atoms with van der Waals surface area (Å²) in [6, 6.07) is 7.98. The van der Waals surface area contributed by atoms with Crippen LogP contribution in [0, 0.1) is 0 Å². The van der Waals surface area contributed by atoms with Crippen molar-refractivity contribution in [1.29, 1.82) is 0 Å². The van der Waals surface area contributed by atoms with Crippen molar-refractivity contribution >= 4 is 6.08 Å². The van der Waals surface area contributed by atoms with Crippen LogP contribution in [0.5, 0.6) is 5.75 Å². The topological polar surface area (TPSA) is 30.5 Å². The lowest BCUT2D eigenvalue weighted by Gasteiger charge is -2.01.